The maximum Gasteiger partial charge on any atom is 0.254 e. The van der Waals surface area contributed by atoms with Crippen LogP contribution in [0.15, 0.2) is 29.1 Å². The van der Waals surface area contributed by atoms with E-state index in [9.17, 15) is 9.90 Å². The minimum absolute atomic E-state index is 0.183. The molecule has 16 heavy (non-hydrogen) atoms. The van der Waals surface area contributed by atoms with Gasteiger partial charge in [-0.2, -0.15) is 4.98 Å². The van der Waals surface area contributed by atoms with Crippen molar-refractivity contribution in [2.24, 2.45) is 0 Å². The van der Waals surface area contributed by atoms with Crippen LogP contribution in [0.25, 0.3) is 11.4 Å². The lowest BCUT2D eigenvalue weighted by Crippen LogP contribution is -2.06. The molecule has 1 heterocycles. The highest BCUT2D eigenvalue weighted by atomic mass is 35.5. The molecule has 0 aliphatic heterocycles. The van der Waals surface area contributed by atoms with Crippen molar-refractivity contribution in [2.75, 3.05) is 5.73 Å². The smallest absolute Gasteiger partial charge is 0.254 e. The molecule has 0 saturated heterocycles. The summed E-state index contributed by atoms with van der Waals surface area (Å²) in [5.41, 5.74) is 6.10. The molecule has 5 nitrogen and oxygen atoms in total. The van der Waals surface area contributed by atoms with Crippen LogP contribution in [-0.4, -0.2) is 15.1 Å². The van der Waals surface area contributed by atoms with Crippen molar-refractivity contribution in [3.63, 3.8) is 0 Å². The van der Waals surface area contributed by atoms with E-state index in [1.54, 1.807) is 18.2 Å². The second-order valence-corrected chi connectivity index (χ2v) is 3.60. The van der Waals surface area contributed by atoms with Crippen molar-refractivity contribution >= 4 is 17.3 Å². The number of H-pyrrole nitrogens is 1. The van der Waals surface area contributed by atoms with E-state index in [2.05, 4.69) is 9.97 Å². The first-order valence-electron chi connectivity index (χ1n) is 4.42. The van der Waals surface area contributed by atoms with E-state index in [1.807, 2.05) is 0 Å². The quantitative estimate of drug-likeness (QED) is 0.654. The molecule has 0 aliphatic rings. The maximum absolute atomic E-state index is 11.2. The standard InChI is InChI=1S/C10H8ClN3O2/c11-7-2-1-5(12)3-6(7)10-13-8(15)4-9(16)14-10/h1-4H,12H2,(H2,13,14,15,16). The Morgan fingerprint density at radius 2 is 2.12 bits per heavy atom. The number of aromatic amines is 1. The van der Waals surface area contributed by atoms with Gasteiger partial charge in [0.25, 0.3) is 5.56 Å². The minimum atomic E-state index is -0.457. The fraction of sp³-hybridized carbons (Fsp3) is 0. The van der Waals surface area contributed by atoms with Gasteiger partial charge >= 0.3 is 0 Å². The van der Waals surface area contributed by atoms with Gasteiger partial charge in [0.2, 0.25) is 5.88 Å². The summed E-state index contributed by atoms with van der Waals surface area (Å²) in [6, 6.07) is 5.77. The Kier molecular flexibility index (Phi) is 2.54. The lowest BCUT2D eigenvalue weighted by atomic mass is 10.2. The van der Waals surface area contributed by atoms with Crippen LogP contribution >= 0.6 is 11.6 Å². The number of nitrogens with one attached hydrogen (secondary N) is 1. The fourth-order valence-electron chi connectivity index (χ4n) is 1.30. The van der Waals surface area contributed by atoms with E-state index < -0.39 is 5.56 Å². The number of aromatic nitrogens is 2. The number of aromatic hydroxyl groups is 1. The molecule has 0 radical (unpaired) electrons. The van der Waals surface area contributed by atoms with Crippen LogP contribution in [0.4, 0.5) is 5.69 Å². The lowest BCUT2D eigenvalue weighted by Gasteiger charge is -2.04. The van der Waals surface area contributed by atoms with Gasteiger partial charge in [-0.05, 0) is 18.2 Å². The third-order valence-electron chi connectivity index (χ3n) is 1.97. The Balaban J connectivity index is 2.66. The molecule has 4 N–H and O–H groups in total. The Bertz CT molecular complexity index is 595. The third kappa shape index (κ3) is 1.99. The first-order chi connectivity index (χ1) is 7.56. The van der Waals surface area contributed by atoms with Crippen LogP contribution in [0.2, 0.25) is 5.02 Å². The molecule has 2 rings (SSSR count). The maximum atomic E-state index is 11.2. The summed E-state index contributed by atoms with van der Waals surface area (Å²) in [6.45, 7) is 0. The van der Waals surface area contributed by atoms with Gasteiger partial charge in [-0.3, -0.25) is 4.79 Å². The van der Waals surface area contributed by atoms with Crippen LogP contribution in [0.5, 0.6) is 5.88 Å². The zero-order valence-corrected chi connectivity index (χ0v) is 8.82. The number of anilines is 1. The predicted octanol–water partition coefficient (Wildman–Crippen LogP) is 1.38. The molecule has 0 saturated carbocycles. The topological polar surface area (TPSA) is 92.0 Å². The molecule has 0 amide bonds. The van der Waals surface area contributed by atoms with Crippen LogP contribution < -0.4 is 11.3 Å². The summed E-state index contributed by atoms with van der Waals surface area (Å²) in [5.74, 6) is -0.181. The predicted molar refractivity (Wildman–Crippen MR) is 61.4 cm³/mol. The Morgan fingerprint density at radius 3 is 2.81 bits per heavy atom. The molecule has 0 aliphatic carbocycles. The highest BCUT2D eigenvalue weighted by Gasteiger charge is 2.08. The Labute approximate surface area is 95.5 Å². The SMILES string of the molecule is Nc1ccc(Cl)c(-c2nc(O)cc(=O)[nH]2)c1. The molecule has 1 aromatic carbocycles. The van der Waals surface area contributed by atoms with Crippen molar-refractivity contribution in [2.45, 2.75) is 0 Å². The molecule has 0 spiro atoms. The van der Waals surface area contributed by atoms with E-state index in [4.69, 9.17) is 17.3 Å². The van der Waals surface area contributed by atoms with Gasteiger partial charge in [-0.1, -0.05) is 11.6 Å². The summed E-state index contributed by atoms with van der Waals surface area (Å²) in [5, 5.41) is 9.60. The monoisotopic (exact) mass is 237 g/mol. The van der Waals surface area contributed by atoms with Gasteiger partial charge in [-0.15, -0.1) is 0 Å². The summed E-state index contributed by atoms with van der Waals surface area (Å²) >= 11 is 5.94. The molecular weight excluding hydrogens is 230 g/mol. The number of hydrogen-bond donors (Lipinski definition) is 3. The first-order valence-corrected chi connectivity index (χ1v) is 4.80. The van der Waals surface area contributed by atoms with Gasteiger partial charge in [0, 0.05) is 11.3 Å². The number of halogens is 1. The van der Waals surface area contributed by atoms with Crippen molar-refractivity contribution in [1.82, 2.24) is 9.97 Å². The zero-order valence-electron chi connectivity index (χ0n) is 8.07. The normalized spacial score (nSPS) is 10.3. The Morgan fingerprint density at radius 1 is 1.38 bits per heavy atom. The van der Waals surface area contributed by atoms with Gasteiger partial charge in [0.1, 0.15) is 5.82 Å². The molecule has 2 aromatic rings. The average Bonchev–Trinajstić information content (AvgIpc) is 2.20. The number of nitrogen functional groups attached to an aromatic ring is 1. The number of nitrogens with zero attached hydrogens (tertiary/aromatic N) is 1. The summed E-state index contributed by atoms with van der Waals surface area (Å²) in [6.07, 6.45) is 0. The second-order valence-electron chi connectivity index (χ2n) is 3.19. The highest BCUT2D eigenvalue weighted by molar-refractivity contribution is 6.33. The third-order valence-corrected chi connectivity index (χ3v) is 2.30. The molecule has 6 heteroatoms. The summed E-state index contributed by atoms with van der Waals surface area (Å²) in [7, 11) is 0. The van der Waals surface area contributed by atoms with Crippen molar-refractivity contribution in [3.8, 4) is 17.3 Å². The van der Waals surface area contributed by atoms with Gasteiger partial charge in [0.05, 0.1) is 11.1 Å². The molecular formula is C10H8ClN3O2. The highest BCUT2D eigenvalue weighted by Crippen LogP contribution is 2.27. The van der Waals surface area contributed by atoms with E-state index in [-0.39, 0.29) is 11.7 Å². The number of hydrogen-bond acceptors (Lipinski definition) is 4. The van der Waals surface area contributed by atoms with Crippen molar-refractivity contribution < 1.29 is 5.11 Å². The summed E-state index contributed by atoms with van der Waals surface area (Å²) < 4.78 is 0. The fourth-order valence-corrected chi connectivity index (χ4v) is 1.50. The van der Waals surface area contributed by atoms with Gasteiger partial charge < -0.3 is 15.8 Å². The molecule has 0 atom stereocenters. The Hall–Kier alpha value is -2.01. The average molecular weight is 238 g/mol. The van der Waals surface area contributed by atoms with E-state index in [0.29, 0.717) is 16.3 Å². The van der Waals surface area contributed by atoms with Crippen LogP contribution in [-0.2, 0) is 0 Å². The summed E-state index contributed by atoms with van der Waals surface area (Å²) in [4.78, 5) is 17.4. The van der Waals surface area contributed by atoms with Gasteiger partial charge in [0.15, 0.2) is 0 Å². The first kappa shape index (κ1) is 10.5. The molecule has 82 valence electrons. The number of benzene rings is 1. The van der Waals surface area contributed by atoms with Crippen LogP contribution in [0.3, 0.4) is 0 Å². The molecule has 0 bridgehead atoms. The molecule has 0 fully saturated rings. The van der Waals surface area contributed by atoms with Crippen LogP contribution in [0, 0.1) is 0 Å². The molecule has 0 unspecified atom stereocenters. The second kappa shape index (κ2) is 3.86. The number of rotatable bonds is 1. The van der Waals surface area contributed by atoms with E-state index >= 15 is 0 Å². The molecule has 1 aromatic heterocycles. The van der Waals surface area contributed by atoms with Gasteiger partial charge in [-0.25, -0.2) is 0 Å². The van der Waals surface area contributed by atoms with Crippen LogP contribution in [0.1, 0.15) is 0 Å². The largest absolute Gasteiger partial charge is 0.493 e. The lowest BCUT2D eigenvalue weighted by molar-refractivity contribution is 0.452. The van der Waals surface area contributed by atoms with Crippen molar-refractivity contribution in [1.29, 1.82) is 0 Å². The number of nitrogens with two attached hydrogens (primary N) is 1. The zero-order chi connectivity index (χ0) is 11.7. The van der Waals surface area contributed by atoms with E-state index in [1.165, 1.54) is 0 Å². The minimum Gasteiger partial charge on any atom is -0.493 e. The van der Waals surface area contributed by atoms with E-state index in [0.717, 1.165) is 6.07 Å². The van der Waals surface area contributed by atoms with Crippen molar-refractivity contribution in [3.05, 3.63) is 39.6 Å².